The lowest BCUT2D eigenvalue weighted by atomic mass is 9.91. The first-order valence-corrected chi connectivity index (χ1v) is 15.9. The van der Waals surface area contributed by atoms with Crippen molar-refractivity contribution in [2.24, 2.45) is 0 Å². The molecule has 2 aromatic heterocycles. The molecule has 0 aliphatic heterocycles. The molecule has 48 heavy (non-hydrogen) atoms. The average molecular weight is 611 g/mol. The molecule has 9 aromatic rings. The number of benzene rings is 7. The Morgan fingerprint density at radius 3 is 1.52 bits per heavy atom. The van der Waals surface area contributed by atoms with Crippen LogP contribution in [-0.4, -0.2) is 9.13 Å². The number of para-hydroxylation sites is 3. The van der Waals surface area contributed by atoms with E-state index in [1.165, 1.54) is 10.8 Å². The Labute approximate surface area is 277 Å². The second kappa shape index (κ2) is 10.9. The number of hydrogen-bond donors (Lipinski definition) is 0. The fourth-order valence-corrected chi connectivity index (χ4v) is 7.28. The third-order valence-corrected chi connectivity index (χ3v) is 9.38. The van der Waals surface area contributed by atoms with Gasteiger partial charge in [0.1, 0.15) is 6.07 Å². The summed E-state index contributed by atoms with van der Waals surface area (Å²) in [6.07, 6.45) is 0. The van der Waals surface area contributed by atoms with Gasteiger partial charge >= 0.3 is 0 Å². The van der Waals surface area contributed by atoms with Gasteiger partial charge in [-0.15, -0.1) is 0 Å². The van der Waals surface area contributed by atoms with Gasteiger partial charge in [0.05, 0.1) is 39.3 Å². The van der Waals surface area contributed by atoms with Crippen LogP contribution in [0.5, 0.6) is 0 Å². The SMILES string of the molecule is N#Cc1ccc2c(c1)c1ccccc1n2-c1cccc(-c2cc(-n3c4ccccc4c4ccccc43)cc(-c3ccccc3)c2C#N)c1. The van der Waals surface area contributed by atoms with Gasteiger partial charge in [-0.05, 0) is 71.8 Å². The first kappa shape index (κ1) is 27.4. The molecule has 9 rings (SSSR count). The van der Waals surface area contributed by atoms with Crippen LogP contribution < -0.4 is 0 Å². The minimum atomic E-state index is 0.628. The highest BCUT2D eigenvalue weighted by Crippen LogP contribution is 2.40. The zero-order valence-electron chi connectivity index (χ0n) is 25.8. The molecule has 0 spiro atoms. The predicted molar refractivity (Wildman–Crippen MR) is 195 cm³/mol. The summed E-state index contributed by atoms with van der Waals surface area (Å²) in [5.41, 5.74) is 11.2. The number of nitrogens with zero attached hydrogens (tertiary/aromatic N) is 4. The van der Waals surface area contributed by atoms with Crippen molar-refractivity contribution in [1.82, 2.24) is 9.13 Å². The van der Waals surface area contributed by atoms with Crippen molar-refractivity contribution in [3.63, 3.8) is 0 Å². The molecule has 2 heterocycles. The highest BCUT2D eigenvalue weighted by Gasteiger charge is 2.19. The molecule has 7 aromatic carbocycles. The Kier molecular flexibility index (Phi) is 6.22. The highest BCUT2D eigenvalue weighted by atomic mass is 15.0. The maximum atomic E-state index is 10.8. The predicted octanol–water partition coefficient (Wildman–Crippen LogP) is 11.0. The highest BCUT2D eigenvalue weighted by molar-refractivity contribution is 6.10. The maximum absolute atomic E-state index is 10.8. The molecule has 0 fully saturated rings. The van der Waals surface area contributed by atoms with Crippen molar-refractivity contribution in [2.75, 3.05) is 0 Å². The van der Waals surface area contributed by atoms with Gasteiger partial charge in [0.15, 0.2) is 0 Å². The molecule has 0 saturated carbocycles. The van der Waals surface area contributed by atoms with Gasteiger partial charge < -0.3 is 9.13 Å². The number of fused-ring (bicyclic) bond motifs is 6. The summed E-state index contributed by atoms with van der Waals surface area (Å²) in [4.78, 5) is 0. The number of hydrogen-bond acceptors (Lipinski definition) is 2. The summed E-state index contributed by atoms with van der Waals surface area (Å²) in [6.45, 7) is 0. The lowest BCUT2D eigenvalue weighted by Gasteiger charge is -2.17. The monoisotopic (exact) mass is 610 g/mol. The van der Waals surface area contributed by atoms with E-state index in [1.54, 1.807) is 0 Å². The molecule has 0 radical (unpaired) electrons. The van der Waals surface area contributed by atoms with Crippen molar-refractivity contribution in [3.8, 4) is 45.8 Å². The zero-order valence-corrected chi connectivity index (χ0v) is 25.8. The number of aromatic nitrogens is 2. The lowest BCUT2D eigenvalue weighted by Crippen LogP contribution is -2.00. The molecule has 0 atom stereocenters. The van der Waals surface area contributed by atoms with E-state index in [2.05, 4.69) is 130 Å². The first-order valence-electron chi connectivity index (χ1n) is 15.9. The summed E-state index contributed by atoms with van der Waals surface area (Å²) in [7, 11) is 0. The molecule has 0 saturated heterocycles. The molecule has 0 amide bonds. The fourth-order valence-electron chi connectivity index (χ4n) is 7.28. The number of nitriles is 2. The van der Waals surface area contributed by atoms with Gasteiger partial charge in [0, 0.05) is 44.0 Å². The Balaban J connectivity index is 1.34. The van der Waals surface area contributed by atoms with Gasteiger partial charge in [0.25, 0.3) is 0 Å². The minimum absolute atomic E-state index is 0.628. The van der Waals surface area contributed by atoms with Gasteiger partial charge in [-0.1, -0.05) is 97.1 Å². The van der Waals surface area contributed by atoms with Crippen LogP contribution in [0.1, 0.15) is 11.1 Å². The zero-order chi connectivity index (χ0) is 32.2. The summed E-state index contributed by atoms with van der Waals surface area (Å²) in [5, 5.41) is 24.9. The Morgan fingerprint density at radius 1 is 0.375 bits per heavy atom. The molecule has 0 aliphatic carbocycles. The van der Waals surface area contributed by atoms with Crippen LogP contribution in [0, 0.1) is 22.7 Å². The molecular formula is C44H26N4. The van der Waals surface area contributed by atoms with Crippen molar-refractivity contribution in [1.29, 1.82) is 10.5 Å². The van der Waals surface area contributed by atoms with Crippen molar-refractivity contribution >= 4 is 43.6 Å². The van der Waals surface area contributed by atoms with E-state index < -0.39 is 0 Å². The van der Waals surface area contributed by atoms with E-state index in [0.717, 1.165) is 66.5 Å². The smallest absolute Gasteiger partial charge is 0.100 e. The second-order valence-corrected chi connectivity index (χ2v) is 12.0. The molecule has 4 nitrogen and oxygen atoms in total. The lowest BCUT2D eigenvalue weighted by molar-refractivity contribution is 1.17. The largest absolute Gasteiger partial charge is 0.309 e. The summed E-state index contributed by atoms with van der Waals surface area (Å²) in [5.74, 6) is 0. The van der Waals surface area contributed by atoms with E-state index in [1.807, 2.05) is 48.5 Å². The second-order valence-electron chi connectivity index (χ2n) is 12.0. The average Bonchev–Trinajstić information content (AvgIpc) is 3.67. The molecule has 0 aliphatic rings. The third kappa shape index (κ3) is 4.14. The van der Waals surface area contributed by atoms with Crippen LogP contribution in [-0.2, 0) is 0 Å². The van der Waals surface area contributed by atoms with Crippen molar-refractivity contribution in [3.05, 3.63) is 169 Å². The van der Waals surface area contributed by atoms with Crippen LogP contribution in [0.2, 0.25) is 0 Å². The molecule has 0 N–H and O–H groups in total. The topological polar surface area (TPSA) is 57.4 Å². The van der Waals surface area contributed by atoms with E-state index in [-0.39, 0.29) is 0 Å². The van der Waals surface area contributed by atoms with Crippen LogP contribution >= 0.6 is 0 Å². The summed E-state index contributed by atoms with van der Waals surface area (Å²) < 4.78 is 4.56. The fraction of sp³-hybridized carbons (Fsp3) is 0. The molecular weight excluding hydrogens is 585 g/mol. The van der Waals surface area contributed by atoms with Gasteiger partial charge in [-0.25, -0.2) is 0 Å². The van der Waals surface area contributed by atoms with Gasteiger partial charge in [0.2, 0.25) is 0 Å². The van der Waals surface area contributed by atoms with Gasteiger partial charge in [-0.2, -0.15) is 10.5 Å². The third-order valence-electron chi connectivity index (χ3n) is 9.38. The normalized spacial score (nSPS) is 11.3. The molecule has 0 unspecified atom stereocenters. The molecule has 4 heteroatoms. The van der Waals surface area contributed by atoms with E-state index in [4.69, 9.17) is 0 Å². The van der Waals surface area contributed by atoms with Crippen molar-refractivity contribution < 1.29 is 0 Å². The van der Waals surface area contributed by atoms with Crippen LogP contribution in [0.15, 0.2) is 158 Å². The summed E-state index contributed by atoms with van der Waals surface area (Å²) >= 11 is 0. The quantitative estimate of drug-likeness (QED) is 0.199. The van der Waals surface area contributed by atoms with E-state index in [0.29, 0.717) is 11.1 Å². The van der Waals surface area contributed by atoms with Crippen LogP contribution in [0.25, 0.3) is 77.2 Å². The Bertz CT molecular complexity index is 2750. The van der Waals surface area contributed by atoms with Crippen LogP contribution in [0.4, 0.5) is 0 Å². The standard InChI is InChI=1S/C44H26N4/c45-27-29-21-22-44-39(23-29)36-17-6-9-20-43(36)47(44)32-14-10-13-31(24-32)38-26-33(25-37(40(38)28-46)30-11-2-1-3-12-30)48-41-18-7-4-15-34(41)35-16-5-8-19-42(35)48/h1-26H. The maximum Gasteiger partial charge on any atom is 0.100 e. The summed E-state index contributed by atoms with van der Waals surface area (Å²) in [6, 6.07) is 59.0. The van der Waals surface area contributed by atoms with Gasteiger partial charge in [-0.3, -0.25) is 0 Å². The van der Waals surface area contributed by atoms with E-state index in [9.17, 15) is 10.5 Å². The van der Waals surface area contributed by atoms with Crippen LogP contribution in [0.3, 0.4) is 0 Å². The first-order chi connectivity index (χ1) is 23.7. The van der Waals surface area contributed by atoms with Crippen molar-refractivity contribution in [2.45, 2.75) is 0 Å². The number of rotatable bonds is 4. The minimum Gasteiger partial charge on any atom is -0.309 e. The molecule has 0 bridgehead atoms. The van der Waals surface area contributed by atoms with E-state index >= 15 is 0 Å². The molecule has 222 valence electrons. The Morgan fingerprint density at radius 2 is 0.896 bits per heavy atom. The Hall–Kier alpha value is -6.88.